The van der Waals surface area contributed by atoms with Gasteiger partial charge in [0.1, 0.15) is 5.56 Å². The van der Waals surface area contributed by atoms with Crippen LogP contribution >= 0.6 is 0 Å². The van der Waals surface area contributed by atoms with E-state index < -0.39 is 23.9 Å². The first-order valence-corrected chi connectivity index (χ1v) is 11.7. The largest absolute Gasteiger partial charge is 0.490 e. The second-order valence-corrected chi connectivity index (χ2v) is 8.90. The zero-order chi connectivity index (χ0) is 27.7. The van der Waals surface area contributed by atoms with Crippen molar-refractivity contribution in [1.29, 1.82) is 0 Å². The Balaban J connectivity index is 0.000000426. The zero-order valence-electron chi connectivity index (χ0n) is 20.5. The molecule has 3 aromatic heterocycles. The van der Waals surface area contributed by atoms with E-state index in [0.29, 0.717) is 23.9 Å². The topological polar surface area (TPSA) is 134 Å². The molecule has 1 aliphatic carbocycles. The highest BCUT2D eigenvalue weighted by Gasteiger charge is 2.46. The maximum absolute atomic E-state index is 14.3. The molecule has 2 fully saturated rings. The maximum atomic E-state index is 14.3. The Bertz CT molecular complexity index is 1360. The summed E-state index contributed by atoms with van der Waals surface area (Å²) in [6.07, 6.45) is 2.00. The number of anilines is 2. The zero-order valence-corrected chi connectivity index (χ0v) is 20.5. The second-order valence-electron chi connectivity index (χ2n) is 8.90. The number of carbonyl (C=O) groups is 2. The molecule has 5 rings (SSSR count). The third-order valence-electron chi connectivity index (χ3n) is 5.91. The highest BCUT2D eigenvalue weighted by molar-refractivity contribution is 6.05. The Labute approximate surface area is 213 Å². The number of hydrogen-bond donors (Lipinski definition) is 3. The Hall–Kier alpha value is -4.01. The van der Waals surface area contributed by atoms with E-state index in [0.717, 1.165) is 32.5 Å². The SMILES string of the molecule is CCOc1nc(N2CCNC3(CC3)C2)ncc1C(=O)Nc1cc(F)c2nc(C)cn2c1.O=C(O)C(F)(F)F. The summed E-state index contributed by atoms with van der Waals surface area (Å²) in [7, 11) is 0. The van der Waals surface area contributed by atoms with Crippen molar-refractivity contribution in [2.45, 2.75) is 38.4 Å². The number of piperazine rings is 1. The van der Waals surface area contributed by atoms with Crippen molar-refractivity contribution in [3.63, 3.8) is 0 Å². The van der Waals surface area contributed by atoms with Gasteiger partial charge >= 0.3 is 12.1 Å². The molecule has 0 bridgehead atoms. The van der Waals surface area contributed by atoms with E-state index in [9.17, 15) is 22.4 Å². The van der Waals surface area contributed by atoms with E-state index >= 15 is 0 Å². The summed E-state index contributed by atoms with van der Waals surface area (Å²) in [6.45, 7) is 6.48. The van der Waals surface area contributed by atoms with Crippen LogP contribution < -0.4 is 20.3 Å². The molecule has 1 spiro atoms. The number of carboxylic acid groups (broad SMARTS) is 1. The lowest BCUT2D eigenvalue weighted by atomic mass is 10.2. The number of alkyl halides is 3. The molecule has 0 aromatic carbocycles. The maximum Gasteiger partial charge on any atom is 0.490 e. The fourth-order valence-corrected chi connectivity index (χ4v) is 3.97. The number of imidazole rings is 1. The first-order chi connectivity index (χ1) is 17.9. The number of nitrogens with one attached hydrogen (secondary N) is 2. The number of carbonyl (C=O) groups excluding carboxylic acids is 1. The second kappa shape index (κ2) is 10.4. The smallest absolute Gasteiger partial charge is 0.477 e. The normalized spacial score (nSPS) is 16.1. The van der Waals surface area contributed by atoms with Gasteiger partial charge in [-0.1, -0.05) is 0 Å². The van der Waals surface area contributed by atoms with Crippen LogP contribution in [0.1, 0.15) is 35.8 Å². The predicted molar refractivity (Wildman–Crippen MR) is 127 cm³/mol. The lowest BCUT2D eigenvalue weighted by Gasteiger charge is -2.34. The fourth-order valence-electron chi connectivity index (χ4n) is 3.97. The molecule has 0 atom stereocenters. The molecule has 1 saturated carbocycles. The Morgan fingerprint density at radius 3 is 2.61 bits per heavy atom. The Morgan fingerprint density at radius 1 is 1.26 bits per heavy atom. The van der Waals surface area contributed by atoms with Crippen molar-refractivity contribution >= 4 is 29.2 Å². The van der Waals surface area contributed by atoms with Crippen LogP contribution in [0, 0.1) is 12.7 Å². The first-order valence-electron chi connectivity index (χ1n) is 11.7. The van der Waals surface area contributed by atoms with Gasteiger partial charge in [0.25, 0.3) is 5.91 Å². The molecule has 38 heavy (non-hydrogen) atoms. The van der Waals surface area contributed by atoms with Gasteiger partial charge < -0.3 is 29.8 Å². The van der Waals surface area contributed by atoms with Gasteiger partial charge in [-0.15, -0.1) is 0 Å². The van der Waals surface area contributed by atoms with Crippen LogP contribution in [-0.4, -0.2) is 74.3 Å². The van der Waals surface area contributed by atoms with Crippen LogP contribution in [0.2, 0.25) is 0 Å². The first kappa shape index (κ1) is 27.0. The molecular formula is C23H25F4N7O4. The van der Waals surface area contributed by atoms with E-state index in [1.165, 1.54) is 12.3 Å². The van der Waals surface area contributed by atoms with Gasteiger partial charge in [0.15, 0.2) is 11.5 Å². The summed E-state index contributed by atoms with van der Waals surface area (Å²) < 4.78 is 53.3. The van der Waals surface area contributed by atoms with E-state index in [-0.39, 0.29) is 22.6 Å². The highest BCUT2D eigenvalue weighted by atomic mass is 19.4. The molecule has 11 nitrogen and oxygen atoms in total. The van der Waals surface area contributed by atoms with Crippen LogP contribution in [0.25, 0.3) is 5.65 Å². The third kappa shape index (κ3) is 6.10. The Morgan fingerprint density at radius 2 is 1.97 bits per heavy atom. The number of rotatable bonds is 5. The van der Waals surface area contributed by atoms with Gasteiger partial charge in [0.05, 0.1) is 18.0 Å². The quantitative estimate of drug-likeness (QED) is 0.419. The minimum Gasteiger partial charge on any atom is -0.477 e. The third-order valence-corrected chi connectivity index (χ3v) is 5.91. The van der Waals surface area contributed by atoms with Crippen molar-refractivity contribution in [3.8, 4) is 5.88 Å². The number of hydrogen-bond acceptors (Lipinski definition) is 8. The molecular weight excluding hydrogens is 514 g/mol. The minimum absolute atomic E-state index is 0.178. The van der Waals surface area contributed by atoms with Crippen molar-refractivity contribution in [3.05, 3.63) is 41.7 Å². The lowest BCUT2D eigenvalue weighted by molar-refractivity contribution is -0.192. The number of fused-ring (bicyclic) bond motifs is 1. The molecule has 0 radical (unpaired) electrons. The average molecular weight is 539 g/mol. The molecule has 3 aromatic rings. The number of nitrogens with zero attached hydrogens (tertiary/aromatic N) is 5. The molecule has 1 amide bonds. The van der Waals surface area contributed by atoms with Crippen molar-refractivity contribution in [1.82, 2.24) is 24.7 Å². The number of pyridine rings is 1. The van der Waals surface area contributed by atoms with Crippen LogP contribution in [0.4, 0.5) is 29.2 Å². The van der Waals surface area contributed by atoms with E-state index in [4.69, 9.17) is 14.6 Å². The van der Waals surface area contributed by atoms with Crippen LogP contribution in [0.15, 0.2) is 24.7 Å². The lowest BCUT2D eigenvalue weighted by Crippen LogP contribution is -2.53. The monoisotopic (exact) mass is 539 g/mol. The number of ether oxygens (including phenoxy) is 1. The fraction of sp³-hybridized carbons (Fsp3) is 0.435. The van der Waals surface area contributed by atoms with E-state index in [2.05, 4.69) is 30.5 Å². The number of amides is 1. The number of aliphatic carboxylic acids is 1. The summed E-state index contributed by atoms with van der Waals surface area (Å²) in [5.41, 5.74) is 1.58. The van der Waals surface area contributed by atoms with E-state index in [1.54, 1.807) is 23.7 Å². The van der Waals surface area contributed by atoms with Gasteiger partial charge in [-0.3, -0.25) is 4.79 Å². The highest BCUT2D eigenvalue weighted by Crippen LogP contribution is 2.38. The summed E-state index contributed by atoms with van der Waals surface area (Å²) in [4.78, 5) is 37.0. The minimum atomic E-state index is -5.08. The van der Waals surface area contributed by atoms with E-state index in [1.807, 2.05) is 6.92 Å². The molecule has 1 aliphatic heterocycles. The van der Waals surface area contributed by atoms with Gasteiger partial charge in [0, 0.05) is 49.8 Å². The molecule has 2 aliphatic rings. The van der Waals surface area contributed by atoms with Crippen molar-refractivity contribution in [2.75, 3.05) is 36.5 Å². The summed E-state index contributed by atoms with van der Waals surface area (Å²) in [5.74, 6) is -2.98. The molecule has 1 saturated heterocycles. The number of aromatic nitrogens is 4. The van der Waals surface area contributed by atoms with Crippen molar-refractivity contribution < 1.29 is 37.0 Å². The van der Waals surface area contributed by atoms with Crippen LogP contribution in [0.5, 0.6) is 5.88 Å². The summed E-state index contributed by atoms with van der Waals surface area (Å²) >= 11 is 0. The standard InChI is InChI=1S/C21H24FN7O2.C2HF3O2/c1-3-31-19-15(9-23-20(27-19)28-7-6-24-21(12-28)4-5-21)18(30)26-14-8-16(22)17-25-13(2)10-29(17)11-14;3-2(4,5)1(6)7/h8-11,24H,3-7,12H2,1-2H3,(H,26,30);(H,6,7). The van der Waals surface area contributed by atoms with Gasteiger partial charge in [0.2, 0.25) is 11.8 Å². The molecule has 0 unspecified atom stereocenters. The summed E-state index contributed by atoms with van der Waals surface area (Å²) in [5, 5.41) is 13.4. The van der Waals surface area contributed by atoms with Gasteiger partial charge in [-0.05, 0) is 26.7 Å². The predicted octanol–water partition coefficient (Wildman–Crippen LogP) is 2.80. The molecule has 3 N–H and O–H groups in total. The number of halogens is 4. The van der Waals surface area contributed by atoms with Crippen LogP contribution in [0.3, 0.4) is 0 Å². The number of aryl methyl sites for hydroxylation is 1. The molecule has 15 heteroatoms. The van der Waals surface area contributed by atoms with Crippen LogP contribution in [-0.2, 0) is 4.79 Å². The van der Waals surface area contributed by atoms with Crippen molar-refractivity contribution in [2.24, 2.45) is 0 Å². The molecule has 204 valence electrons. The van der Waals surface area contributed by atoms with Gasteiger partial charge in [-0.2, -0.15) is 18.2 Å². The average Bonchev–Trinajstić information content (AvgIpc) is 3.46. The molecule has 4 heterocycles. The Kier molecular flexibility index (Phi) is 7.40. The van der Waals surface area contributed by atoms with Gasteiger partial charge in [-0.25, -0.2) is 19.2 Å². The summed E-state index contributed by atoms with van der Waals surface area (Å²) in [6, 6.07) is 1.24. The number of carboxylic acids is 1.